The number of nitrogens with zero attached hydrogens (tertiary/aromatic N) is 15. The Morgan fingerprint density at radius 3 is 1.19 bits per heavy atom. The Hall–Kier alpha value is -8.76. The van der Waals surface area contributed by atoms with E-state index in [1.165, 1.54) is 30.5 Å². The molecule has 4 fully saturated rings. The van der Waals surface area contributed by atoms with Crippen molar-refractivity contribution < 1.29 is 48.8 Å². The molecule has 34 heteroatoms. The number of aromatic nitrogens is 12. The van der Waals surface area contributed by atoms with Gasteiger partial charge in [0.25, 0.3) is 30.1 Å². The van der Waals surface area contributed by atoms with Crippen LogP contribution < -0.4 is 20.2 Å². The summed E-state index contributed by atoms with van der Waals surface area (Å²) in [5, 5.41) is 2.94. The van der Waals surface area contributed by atoms with Crippen LogP contribution in [0, 0.1) is 20.8 Å². The number of halogens is 4. The number of hydrogen-bond donors (Lipinski definition) is 0. The van der Waals surface area contributed by atoms with Crippen molar-refractivity contribution in [3.63, 3.8) is 0 Å². The predicted octanol–water partition coefficient (Wildman–Crippen LogP) is 14.0. The average molecular weight is 1650 g/mol. The molecule has 13 heterocycles. The Labute approximate surface area is 667 Å². The van der Waals surface area contributed by atoms with E-state index in [4.69, 9.17) is 74.9 Å². The van der Waals surface area contributed by atoms with Crippen LogP contribution in [0.25, 0.3) is 55.7 Å². The fraction of sp³-hybridized carbons (Fsp3) is 0.338. The van der Waals surface area contributed by atoms with E-state index in [0.717, 1.165) is 40.1 Å². The largest absolute Gasteiger partial charge is 0.495 e. The SMILES string of the molecule is C.C.C[C@@H]1COCCN1c1cc(Cl)nc(Cl)n1.Cc1ccc(S(=O)(=O)n2ccc3c(-c4cc(N5CCOC[C@H]5C)nc(Cl)n4)ccnc32)cc1.Cc1ccc(S(=O)(=O)n2ccc3c(-c4nc(Cl)cc(N5CCOC[C@H]5C)n4)ccnc32)cc1.Cc1ccc(S(=O)(=O)n2ccc3c(B4OC(C)(C)C(C)(C)O4)ccnc32)cc1. The Morgan fingerprint density at radius 1 is 0.423 bits per heavy atom. The summed E-state index contributed by atoms with van der Waals surface area (Å²) in [4.78, 5) is 46.0. The number of aryl methyl sites for hydroxylation is 3. The first-order chi connectivity index (χ1) is 51.9. The summed E-state index contributed by atoms with van der Waals surface area (Å²) in [5.74, 6) is 2.58. The number of ether oxygens (including phenoxy) is 3. The van der Waals surface area contributed by atoms with Gasteiger partial charge < -0.3 is 38.2 Å². The lowest BCUT2D eigenvalue weighted by atomic mass is 9.78. The summed E-state index contributed by atoms with van der Waals surface area (Å²) in [6.07, 6.45) is 9.27. The number of anilines is 3. The van der Waals surface area contributed by atoms with Crippen molar-refractivity contribution in [2.24, 2.45) is 0 Å². The number of fused-ring (bicyclic) bond motifs is 3. The lowest BCUT2D eigenvalue weighted by molar-refractivity contribution is 0.00578. The zero-order chi connectivity index (χ0) is 77.5. The van der Waals surface area contributed by atoms with Crippen LogP contribution in [0.2, 0.25) is 20.9 Å². The van der Waals surface area contributed by atoms with Gasteiger partial charge in [0, 0.05) is 102 Å². The fourth-order valence-electron chi connectivity index (χ4n) is 12.8. The zero-order valence-electron chi connectivity index (χ0n) is 61.2. The Morgan fingerprint density at radius 2 is 0.775 bits per heavy atom. The Kier molecular flexibility index (Phi) is 25.4. The molecule has 4 saturated heterocycles. The highest BCUT2D eigenvalue weighted by Gasteiger charge is 2.52. The van der Waals surface area contributed by atoms with Gasteiger partial charge in [-0.2, -0.15) is 0 Å². The second kappa shape index (κ2) is 33.9. The van der Waals surface area contributed by atoms with Gasteiger partial charge in [0.2, 0.25) is 10.6 Å². The standard InChI is InChI=1S/2C23H22ClN5O3S.C20H23BN2O4S.C9H11Cl2N3O.2CH4/c1-15-3-5-17(6-4-15)33(30,31)29-10-8-19-18(7-9-25-23(19)29)22-26-20(24)13-21(27-22)28-11-12-32-14-16(28)2;1-15-3-5-17(6-4-15)33(30,31)29-10-8-19-18(7-9-25-22(19)29)20-13-21(27-23(24)26-20)28-11-12-32-14-16(28)2;1-14-6-8-15(9-7-14)28(24,25)23-13-11-16-17(10-12-22-18(16)23)21-26-19(2,3)20(4,5)27-21;1-6-5-15-3-2-14(6)8-4-7(10)12-9(11)13-8;;/h2*3-10,13,16H,11-12,14H2,1-2H3;6-13H,1-5H3;4,6H,2-3,5H2,1H3;2*1H4/t2*16-;;6-;;/m11.1../s1. The third kappa shape index (κ3) is 17.6. The predicted molar refractivity (Wildman–Crippen MR) is 437 cm³/mol. The van der Waals surface area contributed by atoms with Crippen molar-refractivity contribution in [3.05, 3.63) is 202 Å². The molecule has 0 amide bonds. The summed E-state index contributed by atoms with van der Waals surface area (Å²) < 4.78 is 112. The van der Waals surface area contributed by atoms with Crippen LogP contribution in [0.3, 0.4) is 0 Å². The van der Waals surface area contributed by atoms with Crippen molar-refractivity contribution >= 4 is 140 Å². The normalized spacial score (nSPS) is 17.7. The molecule has 16 rings (SSSR count). The highest BCUT2D eigenvalue weighted by Crippen LogP contribution is 2.39. The molecule has 584 valence electrons. The molecule has 111 heavy (non-hydrogen) atoms. The molecule has 0 unspecified atom stereocenters. The molecule has 0 radical (unpaired) electrons. The van der Waals surface area contributed by atoms with Crippen molar-refractivity contribution in [2.45, 2.75) is 128 Å². The van der Waals surface area contributed by atoms with Gasteiger partial charge in [-0.15, -0.1) is 0 Å². The third-order valence-corrected chi connectivity index (χ3v) is 25.2. The van der Waals surface area contributed by atoms with Crippen LogP contribution >= 0.6 is 46.4 Å². The minimum Gasteiger partial charge on any atom is -0.399 e. The van der Waals surface area contributed by atoms with Gasteiger partial charge >= 0.3 is 7.12 Å². The van der Waals surface area contributed by atoms with E-state index in [-0.39, 0.29) is 58.2 Å². The summed E-state index contributed by atoms with van der Waals surface area (Å²) >= 11 is 24.2. The molecule has 0 spiro atoms. The van der Waals surface area contributed by atoms with Crippen molar-refractivity contribution in [3.8, 4) is 22.6 Å². The van der Waals surface area contributed by atoms with Crippen LogP contribution in [0.5, 0.6) is 0 Å². The van der Waals surface area contributed by atoms with E-state index in [2.05, 4.69) is 75.3 Å². The average Bonchev–Trinajstić information content (AvgIpc) is 1.57. The first kappa shape index (κ1) is 83.2. The smallest absolute Gasteiger partial charge is 0.399 e. The second-order valence-electron chi connectivity index (χ2n) is 27.6. The van der Waals surface area contributed by atoms with E-state index in [9.17, 15) is 25.3 Å². The number of pyridine rings is 3. The maximum absolute atomic E-state index is 13.3. The van der Waals surface area contributed by atoms with Crippen LogP contribution in [0.4, 0.5) is 17.5 Å². The van der Waals surface area contributed by atoms with Crippen LogP contribution in [-0.4, -0.2) is 178 Å². The van der Waals surface area contributed by atoms with Crippen LogP contribution in [0.1, 0.15) is 80.0 Å². The number of benzene rings is 3. The topological polar surface area (TPSA) is 289 Å². The van der Waals surface area contributed by atoms with E-state index in [1.807, 2.05) is 60.6 Å². The molecule has 4 aliphatic heterocycles. The summed E-state index contributed by atoms with van der Waals surface area (Å²) in [6, 6.07) is 36.7. The molecular formula is C77H86BCl4N15O11S3. The summed E-state index contributed by atoms with van der Waals surface area (Å²) in [7, 11) is -12.0. The maximum atomic E-state index is 13.3. The Bertz CT molecular complexity index is 5450. The molecule has 0 saturated carbocycles. The Balaban J connectivity index is 0.000000150. The third-order valence-electron chi connectivity index (χ3n) is 19.5. The van der Waals surface area contributed by atoms with Crippen molar-refractivity contribution in [1.29, 1.82) is 0 Å². The summed E-state index contributed by atoms with van der Waals surface area (Å²) in [6.45, 7) is 25.9. The van der Waals surface area contributed by atoms with Gasteiger partial charge in [-0.25, -0.2) is 82.0 Å². The monoisotopic (exact) mass is 1640 g/mol. The van der Waals surface area contributed by atoms with Gasteiger partial charge in [-0.1, -0.05) is 91.1 Å². The van der Waals surface area contributed by atoms with E-state index < -0.39 is 48.4 Å². The highest BCUT2D eigenvalue weighted by molar-refractivity contribution is 7.90. The van der Waals surface area contributed by atoms with E-state index in [1.54, 1.807) is 134 Å². The molecule has 0 aliphatic carbocycles. The number of morpholine rings is 3. The lowest BCUT2D eigenvalue weighted by Gasteiger charge is -2.34. The molecule has 26 nitrogen and oxygen atoms in total. The van der Waals surface area contributed by atoms with Gasteiger partial charge in [0.05, 0.1) is 89.3 Å². The van der Waals surface area contributed by atoms with E-state index >= 15 is 0 Å². The second-order valence-corrected chi connectivity index (χ2v) is 34.5. The quantitative estimate of drug-likeness (QED) is 0.0623. The number of hydrogen-bond acceptors (Lipinski definition) is 23. The molecule has 3 aromatic carbocycles. The van der Waals surface area contributed by atoms with Crippen molar-refractivity contribution in [2.75, 3.05) is 74.0 Å². The van der Waals surface area contributed by atoms with E-state index in [0.29, 0.717) is 125 Å². The molecule has 0 bridgehead atoms. The molecule has 9 aromatic heterocycles. The van der Waals surface area contributed by atoms with Gasteiger partial charge in [-0.05, 0) is 171 Å². The van der Waals surface area contributed by atoms with Crippen LogP contribution in [-0.2, 0) is 53.6 Å². The highest BCUT2D eigenvalue weighted by atomic mass is 35.5. The minimum atomic E-state index is -3.81. The fourth-order valence-corrected chi connectivity index (χ4v) is 17.5. The van der Waals surface area contributed by atoms with Gasteiger partial charge in [-0.3, -0.25) is 0 Å². The first-order valence-electron chi connectivity index (χ1n) is 34.9. The van der Waals surface area contributed by atoms with Gasteiger partial charge in [0.1, 0.15) is 27.8 Å². The first-order valence-corrected chi connectivity index (χ1v) is 40.8. The molecule has 0 N–H and O–H groups in total. The number of rotatable bonds is 12. The summed E-state index contributed by atoms with van der Waals surface area (Å²) in [5.41, 5.74) is 5.73. The maximum Gasteiger partial charge on any atom is 0.495 e. The minimum absolute atomic E-state index is 0. The lowest BCUT2D eigenvalue weighted by Crippen LogP contribution is -2.44. The molecule has 3 atom stereocenters. The van der Waals surface area contributed by atoms with Crippen LogP contribution in [0.15, 0.2) is 179 Å². The molecule has 12 aromatic rings. The molecule has 4 aliphatic rings. The zero-order valence-corrected chi connectivity index (χ0v) is 66.7. The van der Waals surface area contributed by atoms with Gasteiger partial charge in [0.15, 0.2) is 22.8 Å². The molecular weight excluding hydrogens is 1560 g/mol. The van der Waals surface area contributed by atoms with Crippen molar-refractivity contribution in [1.82, 2.24) is 56.8 Å².